The van der Waals surface area contributed by atoms with Crippen LogP contribution in [0, 0.1) is 19.8 Å². The molecule has 0 unspecified atom stereocenters. The van der Waals surface area contributed by atoms with Crippen molar-refractivity contribution in [2.24, 2.45) is 5.92 Å². The molecule has 0 N–H and O–H groups in total. The van der Waals surface area contributed by atoms with Gasteiger partial charge in [0, 0.05) is 34.7 Å². The number of rotatable bonds is 4. The van der Waals surface area contributed by atoms with E-state index in [0.717, 1.165) is 50.9 Å². The van der Waals surface area contributed by atoms with Crippen LogP contribution in [-0.4, -0.2) is 24.4 Å². The predicted molar refractivity (Wildman–Crippen MR) is 110 cm³/mol. The van der Waals surface area contributed by atoms with Gasteiger partial charge in [-0.15, -0.1) is 0 Å². The van der Waals surface area contributed by atoms with Gasteiger partial charge < -0.3 is 9.09 Å². The minimum absolute atomic E-state index is 0.389. The summed E-state index contributed by atoms with van der Waals surface area (Å²) in [4.78, 5) is 0.389. The van der Waals surface area contributed by atoms with Crippen molar-refractivity contribution in [2.75, 3.05) is 6.26 Å². The van der Waals surface area contributed by atoms with Gasteiger partial charge in [0.05, 0.1) is 16.1 Å². The fourth-order valence-electron chi connectivity index (χ4n) is 4.23. The van der Waals surface area contributed by atoms with Crippen molar-refractivity contribution >= 4 is 31.6 Å². The Hall–Kier alpha value is -2.60. The lowest BCUT2D eigenvalue weighted by molar-refractivity contribution is 0.393. The smallest absolute Gasteiger partial charge is 0.176 e. The lowest BCUT2D eigenvalue weighted by Gasteiger charge is -2.07. The van der Waals surface area contributed by atoms with Gasteiger partial charge in [-0.1, -0.05) is 17.3 Å². The molecule has 0 spiro atoms. The first-order valence-corrected chi connectivity index (χ1v) is 11.4. The standard InChI is InChI=1S/C22H22N2O3S/c1-13-21(14(2)27-23-13)16-9-10-18-17(11-16)22-19(24(18)12-15-7-8-15)5-4-6-20(22)28(3,25)26/h4-6,9-11,15H,7-8,12H2,1-3H3. The van der Waals surface area contributed by atoms with Crippen molar-refractivity contribution < 1.29 is 12.9 Å². The highest BCUT2D eigenvalue weighted by Gasteiger charge is 2.26. The molecule has 0 amide bonds. The average Bonchev–Trinajstić information content (AvgIpc) is 3.34. The Kier molecular flexibility index (Phi) is 3.72. The van der Waals surface area contributed by atoms with Gasteiger partial charge in [-0.05, 0) is 62.4 Å². The SMILES string of the molecule is Cc1noc(C)c1-c1ccc2c(c1)c1c(S(C)(=O)=O)cccc1n2CC1CC1. The minimum Gasteiger partial charge on any atom is -0.361 e. The molecule has 144 valence electrons. The summed E-state index contributed by atoms with van der Waals surface area (Å²) in [5.41, 5.74) is 4.87. The van der Waals surface area contributed by atoms with Crippen LogP contribution in [0.5, 0.6) is 0 Å². The van der Waals surface area contributed by atoms with Crippen LogP contribution in [0.2, 0.25) is 0 Å². The monoisotopic (exact) mass is 394 g/mol. The molecular formula is C22H22N2O3S. The van der Waals surface area contributed by atoms with E-state index < -0.39 is 9.84 Å². The van der Waals surface area contributed by atoms with E-state index in [2.05, 4.69) is 27.9 Å². The minimum atomic E-state index is -3.35. The molecule has 1 saturated carbocycles. The Morgan fingerprint density at radius 3 is 2.57 bits per heavy atom. The molecule has 6 heteroatoms. The van der Waals surface area contributed by atoms with E-state index in [1.807, 2.05) is 26.0 Å². The lowest BCUT2D eigenvalue weighted by atomic mass is 10.0. The zero-order valence-corrected chi connectivity index (χ0v) is 17.0. The molecule has 0 atom stereocenters. The third-order valence-corrected chi connectivity index (χ3v) is 6.85. The molecule has 2 aromatic carbocycles. The second-order valence-electron chi connectivity index (χ2n) is 7.91. The van der Waals surface area contributed by atoms with Gasteiger partial charge in [-0.25, -0.2) is 8.42 Å². The molecule has 5 rings (SSSR count). The Labute approximate surface area is 163 Å². The van der Waals surface area contributed by atoms with Crippen LogP contribution in [0.15, 0.2) is 45.8 Å². The molecule has 28 heavy (non-hydrogen) atoms. The molecule has 0 saturated heterocycles. The summed E-state index contributed by atoms with van der Waals surface area (Å²) < 4.78 is 32.7. The number of aryl methyl sites for hydroxylation is 2. The van der Waals surface area contributed by atoms with Crippen molar-refractivity contribution in [1.29, 1.82) is 0 Å². The molecule has 2 heterocycles. The maximum Gasteiger partial charge on any atom is 0.176 e. The van der Waals surface area contributed by atoms with E-state index in [-0.39, 0.29) is 0 Å². The first-order valence-electron chi connectivity index (χ1n) is 9.53. The van der Waals surface area contributed by atoms with Gasteiger partial charge in [-0.3, -0.25) is 0 Å². The van der Waals surface area contributed by atoms with Crippen LogP contribution in [-0.2, 0) is 16.4 Å². The van der Waals surface area contributed by atoms with Crippen molar-refractivity contribution in [3.63, 3.8) is 0 Å². The Bertz CT molecular complexity index is 1320. The van der Waals surface area contributed by atoms with Crippen LogP contribution in [0.3, 0.4) is 0 Å². The van der Waals surface area contributed by atoms with Gasteiger partial charge in [-0.2, -0.15) is 0 Å². The first kappa shape index (κ1) is 17.5. The highest BCUT2D eigenvalue weighted by molar-refractivity contribution is 7.91. The number of nitrogens with zero attached hydrogens (tertiary/aromatic N) is 2. The molecule has 0 bridgehead atoms. The quantitative estimate of drug-likeness (QED) is 0.495. The highest BCUT2D eigenvalue weighted by Crippen LogP contribution is 2.40. The Morgan fingerprint density at radius 1 is 1.14 bits per heavy atom. The molecule has 1 aliphatic rings. The van der Waals surface area contributed by atoms with Gasteiger partial charge >= 0.3 is 0 Å². The predicted octanol–water partition coefficient (Wildman–Crippen LogP) is 4.88. The van der Waals surface area contributed by atoms with Crippen LogP contribution in [0.1, 0.15) is 24.3 Å². The third kappa shape index (κ3) is 2.66. The lowest BCUT2D eigenvalue weighted by Crippen LogP contribution is -2.00. The van der Waals surface area contributed by atoms with Crippen LogP contribution in [0.4, 0.5) is 0 Å². The fraction of sp³-hybridized carbons (Fsp3) is 0.318. The van der Waals surface area contributed by atoms with E-state index in [1.54, 1.807) is 6.07 Å². The number of hydrogen-bond acceptors (Lipinski definition) is 4. The van der Waals surface area contributed by atoms with Crippen molar-refractivity contribution in [3.8, 4) is 11.1 Å². The summed E-state index contributed by atoms with van der Waals surface area (Å²) in [5.74, 6) is 1.45. The number of fused-ring (bicyclic) bond motifs is 3. The Balaban J connectivity index is 1.88. The second kappa shape index (κ2) is 5.95. The number of aromatic nitrogens is 2. The molecule has 0 radical (unpaired) electrons. The van der Waals surface area contributed by atoms with Crippen molar-refractivity contribution in [3.05, 3.63) is 47.9 Å². The van der Waals surface area contributed by atoms with Gasteiger partial charge in [0.1, 0.15) is 5.76 Å². The summed E-state index contributed by atoms with van der Waals surface area (Å²) in [6.07, 6.45) is 3.76. The molecule has 2 aromatic heterocycles. The zero-order chi connectivity index (χ0) is 19.6. The van der Waals surface area contributed by atoms with E-state index in [4.69, 9.17) is 4.52 Å². The molecule has 4 aromatic rings. The van der Waals surface area contributed by atoms with Gasteiger partial charge in [0.15, 0.2) is 9.84 Å². The summed E-state index contributed by atoms with van der Waals surface area (Å²) in [6, 6.07) is 11.9. The number of sulfone groups is 1. The molecule has 1 aliphatic carbocycles. The van der Waals surface area contributed by atoms with Crippen molar-refractivity contribution in [1.82, 2.24) is 9.72 Å². The molecule has 0 aliphatic heterocycles. The van der Waals surface area contributed by atoms with Crippen molar-refractivity contribution in [2.45, 2.75) is 38.1 Å². The Morgan fingerprint density at radius 2 is 1.93 bits per heavy atom. The maximum absolute atomic E-state index is 12.5. The van der Waals surface area contributed by atoms with E-state index in [1.165, 1.54) is 19.1 Å². The molecule has 5 nitrogen and oxygen atoms in total. The first-order chi connectivity index (χ1) is 13.3. The maximum atomic E-state index is 12.5. The van der Waals surface area contributed by atoms with Crippen LogP contribution >= 0.6 is 0 Å². The van der Waals surface area contributed by atoms with E-state index in [0.29, 0.717) is 10.8 Å². The largest absolute Gasteiger partial charge is 0.361 e. The topological polar surface area (TPSA) is 65.1 Å². The van der Waals surface area contributed by atoms with E-state index >= 15 is 0 Å². The second-order valence-corrected chi connectivity index (χ2v) is 9.89. The average molecular weight is 394 g/mol. The van der Waals surface area contributed by atoms with Gasteiger partial charge in [0.25, 0.3) is 0 Å². The third-order valence-electron chi connectivity index (χ3n) is 5.71. The van der Waals surface area contributed by atoms with Crippen LogP contribution in [0.25, 0.3) is 32.9 Å². The van der Waals surface area contributed by atoms with Crippen LogP contribution < -0.4 is 0 Å². The summed E-state index contributed by atoms with van der Waals surface area (Å²) in [5, 5.41) is 5.85. The summed E-state index contributed by atoms with van der Waals surface area (Å²) in [6.45, 7) is 4.75. The number of hydrogen-bond donors (Lipinski definition) is 0. The summed E-state index contributed by atoms with van der Waals surface area (Å²) in [7, 11) is -3.35. The highest BCUT2D eigenvalue weighted by atomic mass is 32.2. The molecule has 1 fully saturated rings. The fourth-order valence-corrected chi connectivity index (χ4v) is 5.14. The number of benzene rings is 2. The normalized spacial score (nSPS) is 15.0. The van der Waals surface area contributed by atoms with E-state index in [9.17, 15) is 8.42 Å². The van der Waals surface area contributed by atoms with Gasteiger partial charge in [0.2, 0.25) is 0 Å². The molecular weight excluding hydrogens is 372 g/mol. The summed E-state index contributed by atoms with van der Waals surface area (Å²) >= 11 is 0. The zero-order valence-electron chi connectivity index (χ0n) is 16.2.